The normalized spacial score (nSPS) is 20.3. The summed E-state index contributed by atoms with van der Waals surface area (Å²) in [4.78, 5) is 80.1. The molecule has 4 heterocycles. The van der Waals surface area contributed by atoms with E-state index in [1.165, 1.54) is 46.9 Å². The van der Waals surface area contributed by atoms with Gasteiger partial charge in [-0.2, -0.15) is 0 Å². The Kier molecular flexibility index (Phi) is 27.4. The maximum atomic E-state index is 13.4. The monoisotopic (exact) mass is 1340 g/mol. The Morgan fingerprint density at radius 1 is 0.584 bits per heavy atom. The van der Waals surface area contributed by atoms with Crippen molar-refractivity contribution in [2.75, 3.05) is 81.0 Å². The molecule has 4 fully saturated rings. The van der Waals surface area contributed by atoms with E-state index in [-0.39, 0.29) is 25.4 Å². The number of Topliss-reactive ketones (excluding diaryl/α,β-unsaturated/α-hetero) is 2. The SMILES string of the molecule is C#Cc1ccc(COCC2COC(C)(C)O2)cc1.CNC(=O)[C@@](C)(C(=O)COC1CCCCO1)N(C)C(=O)c1ccc(C#Cc2ccc(COCC3COC(C)(C)O3)cc2)cc1.CNC(=O)[C@@](C)(C(=O)COC1CCCCO1)N(C)C(=O)c1ccc(I)cc1. The summed E-state index contributed by atoms with van der Waals surface area (Å²) in [6, 6.07) is 29.2. The highest BCUT2D eigenvalue weighted by molar-refractivity contribution is 14.1. The molecule has 0 aromatic heterocycles. The summed E-state index contributed by atoms with van der Waals surface area (Å²) < 4.78 is 57.0. The second kappa shape index (κ2) is 34.1. The molecule has 0 bridgehead atoms. The molecule has 20 nitrogen and oxygen atoms in total. The van der Waals surface area contributed by atoms with E-state index >= 15 is 0 Å². The number of hydrogen-bond acceptors (Lipinski definition) is 16. The van der Waals surface area contributed by atoms with Crippen molar-refractivity contribution >= 4 is 57.8 Å². The van der Waals surface area contributed by atoms with Crippen molar-refractivity contribution < 1.29 is 76.1 Å². The summed E-state index contributed by atoms with van der Waals surface area (Å²) in [6.07, 6.45) is 9.52. The molecule has 0 saturated carbocycles. The molecule has 4 aromatic carbocycles. The van der Waals surface area contributed by atoms with Crippen LogP contribution in [0.4, 0.5) is 0 Å². The van der Waals surface area contributed by atoms with Gasteiger partial charge in [0.2, 0.25) is 0 Å². The predicted octanol–water partition coefficient (Wildman–Crippen LogP) is 7.76. The highest BCUT2D eigenvalue weighted by atomic mass is 127. The van der Waals surface area contributed by atoms with Gasteiger partial charge in [0.25, 0.3) is 23.6 Å². The van der Waals surface area contributed by atoms with Gasteiger partial charge in [0.05, 0.1) is 39.6 Å². The molecular weight excluding hydrogens is 1260 g/mol. The molecule has 4 aliphatic rings. The third-order valence-corrected chi connectivity index (χ3v) is 16.1. The molecule has 2 N–H and O–H groups in total. The molecule has 21 heteroatoms. The van der Waals surface area contributed by atoms with Crippen LogP contribution in [-0.4, -0.2) is 173 Å². The Labute approximate surface area is 537 Å². The first-order valence-corrected chi connectivity index (χ1v) is 30.8. The van der Waals surface area contributed by atoms with Gasteiger partial charge in [0.15, 0.2) is 46.8 Å². The molecule has 480 valence electrons. The van der Waals surface area contributed by atoms with Gasteiger partial charge in [-0.05, 0) is 187 Å². The average molecular weight is 1340 g/mol. The Hall–Kier alpha value is -6.45. The summed E-state index contributed by atoms with van der Waals surface area (Å²) in [5.74, 6) is 4.67. The number of carbonyl (C=O) groups is 6. The second-order valence-electron chi connectivity index (χ2n) is 22.9. The first-order chi connectivity index (χ1) is 42.4. The minimum absolute atomic E-state index is 0.0185. The van der Waals surface area contributed by atoms with Gasteiger partial charge in [-0.15, -0.1) is 6.42 Å². The molecule has 0 radical (unpaired) electrons. The minimum atomic E-state index is -1.77. The Balaban J connectivity index is 0.000000237. The van der Waals surface area contributed by atoms with E-state index in [9.17, 15) is 28.8 Å². The first-order valence-electron chi connectivity index (χ1n) is 29.8. The fraction of sp³-hybridized carbons (Fsp3) is 0.500. The number of hydrogen-bond donors (Lipinski definition) is 2. The van der Waals surface area contributed by atoms with Crippen LogP contribution in [0, 0.1) is 27.8 Å². The van der Waals surface area contributed by atoms with Crippen LogP contribution in [0.5, 0.6) is 0 Å². The van der Waals surface area contributed by atoms with Crippen LogP contribution in [0.15, 0.2) is 97.1 Å². The highest BCUT2D eigenvalue weighted by Crippen LogP contribution is 2.26. The molecule has 8 rings (SSSR count). The molecular formula is C68H85IN4O16. The van der Waals surface area contributed by atoms with Crippen molar-refractivity contribution in [2.24, 2.45) is 0 Å². The minimum Gasteiger partial charge on any atom is -0.374 e. The Morgan fingerprint density at radius 3 is 1.29 bits per heavy atom. The van der Waals surface area contributed by atoms with Crippen LogP contribution in [-0.2, 0) is 79.8 Å². The number of nitrogens with one attached hydrogen (secondary N) is 2. The summed E-state index contributed by atoms with van der Waals surface area (Å²) in [6.45, 7) is 14.1. The molecule has 0 aliphatic carbocycles. The van der Waals surface area contributed by atoms with Crippen molar-refractivity contribution in [3.05, 3.63) is 140 Å². The van der Waals surface area contributed by atoms with E-state index in [4.69, 9.17) is 53.8 Å². The van der Waals surface area contributed by atoms with E-state index in [1.807, 2.05) is 76.2 Å². The number of ether oxygens (including phenoxy) is 10. The molecule has 4 unspecified atom stereocenters. The predicted molar refractivity (Wildman–Crippen MR) is 340 cm³/mol. The van der Waals surface area contributed by atoms with Crippen LogP contribution >= 0.6 is 22.6 Å². The van der Waals surface area contributed by atoms with E-state index in [0.717, 1.165) is 56.4 Å². The second-order valence-corrected chi connectivity index (χ2v) is 24.1. The third kappa shape index (κ3) is 21.1. The lowest BCUT2D eigenvalue weighted by atomic mass is 9.92. The van der Waals surface area contributed by atoms with E-state index in [0.29, 0.717) is 82.4 Å². The number of carbonyl (C=O) groups excluding carboxylic acids is 6. The van der Waals surface area contributed by atoms with Gasteiger partial charge in [-0.1, -0.05) is 42.0 Å². The summed E-state index contributed by atoms with van der Waals surface area (Å²) in [7, 11) is 5.74. The third-order valence-electron chi connectivity index (χ3n) is 15.4. The largest absolute Gasteiger partial charge is 0.374 e. The van der Waals surface area contributed by atoms with Gasteiger partial charge in [-0.3, -0.25) is 28.8 Å². The van der Waals surface area contributed by atoms with Crippen LogP contribution in [0.2, 0.25) is 0 Å². The van der Waals surface area contributed by atoms with Crippen molar-refractivity contribution in [2.45, 2.75) is 141 Å². The number of nitrogens with zero attached hydrogens (tertiary/aromatic N) is 2. The topological polar surface area (TPSA) is 225 Å². The highest BCUT2D eigenvalue weighted by Gasteiger charge is 2.48. The molecule has 4 amide bonds. The molecule has 0 spiro atoms. The Morgan fingerprint density at radius 2 is 0.955 bits per heavy atom. The van der Waals surface area contributed by atoms with Crippen LogP contribution < -0.4 is 10.6 Å². The van der Waals surface area contributed by atoms with Gasteiger partial charge >= 0.3 is 0 Å². The maximum Gasteiger partial charge on any atom is 0.254 e. The van der Waals surface area contributed by atoms with Gasteiger partial charge in [0, 0.05) is 72.8 Å². The fourth-order valence-corrected chi connectivity index (χ4v) is 10.00. The van der Waals surface area contributed by atoms with Gasteiger partial charge in [0.1, 0.15) is 25.4 Å². The molecule has 4 aliphatic heterocycles. The van der Waals surface area contributed by atoms with Crippen molar-refractivity contribution in [1.82, 2.24) is 20.4 Å². The number of amides is 4. The smallest absolute Gasteiger partial charge is 0.254 e. The molecule has 4 saturated heterocycles. The summed E-state index contributed by atoms with van der Waals surface area (Å²) in [5.41, 5.74) is 1.82. The average Bonchev–Trinajstić information content (AvgIpc) is 2.25. The first kappa shape index (κ1) is 71.6. The standard InChI is InChI=1S/C34H42N2O8.C19H25IN2O5.C15H18O3/c1-33(2)43-22-28(44-33)21-40-20-26-13-11-24(12-14-26)9-10-25-15-17-27(18-16-25)31(38)36(5)34(3,32(39)35-4)29(37)23-42-30-8-6-7-19-41-30;1-19(18(25)21-2,15(23)12-27-16-6-4-5-11-26-16)22(3)17(24)13-7-9-14(20)10-8-13;1-4-12-5-7-13(8-6-12)9-16-10-14-11-17-15(2,3)18-14/h11-18,28,30H,6-8,19-23H2,1-5H3,(H,35,39);7-10,16H,4-6,11-12H2,1-3H3,(H,21,25);1,5-8,14H,9-11H2,2-3H3/t28?,30?,34-;16?,19-;/m11./s1. The maximum absolute atomic E-state index is 13.4. The number of benzene rings is 4. The lowest BCUT2D eigenvalue weighted by Gasteiger charge is -2.36. The number of halogens is 1. The van der Waals surface area contributed by atoms with Gasteiger partial charge in [-0.25, -0.2) is 0 Å². The number of likely N-dealkylation sites (N-methyl/N-ethyl adjacent to an activating group) is 4. The lowest BCUT2D eigenvalue weighted by molar-refractivity contribution is -0.174. The van der Waals surface area contributed by atoms with Gasteiger partial charge < -0.3 is 67.8 Å². The Bertz CT molecular complexity index is 3090. The zero-order valence-electron chi connectivity index (χ0n) is 52.7. The van der Waals surface area contributed by atoms with E-state index in [1.54, 1.807) is 48.5 Å². The quantitative estimate of drug-likeness (QED) is 0.0436. The number of terminal acetylenes is 1. The van der Waals surface area contributed by atoms with Crippen LogP contribution in [0.25, 0.3) is 0 Å². The van der Waals surface area contributed by atoms with Crippen molar-refractivity contribution in [3.8, 4) is 24.2 Å². The summed E-state index contributed by atoms with van der Waals surface area (Å²) in [5, 5.41) is 4.98. The van der Waals surface area contributed by atoms with E-state index in [2.05, 4.69) is 51.0 Å². The number of ketones is 2. The van der Waals surface area contributed by atoms with Crippen molar-refractivity contribution in [1.29, 1.82) is 0 Å². The van der Waals surface area contributed by atoms with Crippen LogP contribution in [0.1, 0.15) is 129 Å². The zero-order valence-corrected chi connectivity index (χ0v) is 54.9. The lowest BCUT2D eigenvalue weighted by Crippen LogP contribution is -2.62. The fourth-order valence-electron chi connectivity index (χ4n) is 9.64. The molecule has 89 heavy (non-hydrogen) atoms. The molecule has 6 atom stereocenters. The van der Waals surface area contributed by atoms with Crippen LogP contribution in [0.3, 0.4) is 0 Å². The van der Waals surface area contributed by atoms with Crippen molar-refractivity contribution in [3.63, 3.8) is 0 Å². The summed E-state index contributed by atoms with van der Waals surface area (Å²) >= 11 is 2.14. The van der Waals surface area contributed by atoms with E-state index < -0.39 is 70.4 Å². The number of rotatable bonds is 22. The zero-order chi connectivity index (χ0) is 64.8. The molecule has 4 aromatic rings.